The molecule has 4 heteroatoms. The van der Waals surface area contributed by atoms with Gasteiger partial charge in [-0.2, -0.15) is 0 Å². The van der Waals surface area contributed by atoms with Crippen LogP contribution in [0, 0.1) is 6.92 Å². The van der Waals surface area contributed by atoms with Crippen molar-refractivity contribution in [2.24, 2.45) is 0 Å². The summed E-state index contributed by atoms with van der Waals surface area (Å²) in [7, 11) is 0. The summed E-state index contributed by atoms with van der Waals surface area (Å²) in [4.78, 5) is 16.6. The SMILES string of the molecule is CCn1cc(CCNC(=O)Cc2ccccc2C)c2cccnc21. The van der Waals surface area contributed by atoms with Crippen molar-refractivity contribution in [1.82, 2.24) is 14.9 Å². The van der Waals surface area contributed by atoms with Crippen LogP contribution in [0.25, 0.3) is 11.0 Å². The minimum atomic E-state index is 0.0710. The first-order valence-corrected chi connectivity index (χ1v) is 8.43. The predicted octanol–water partition coefficient (Wildman–Crippen LogP) is 3.27. The van der Waals surface area contributed by atoms with Gasteiger partial charge in [0.1, 0.15) is 5.65 Å². The molecule has 0 radical (unpaired) electrons. The van der Waals surface area contributed by atoms with Crippen molar-refractivity contribution in [2.45, 2.75) is 33.2 Å². The van der Waals surface area contributed by atoms with Crippen molar-refractivity contribution in [2.75, 3.05) is 6.54 Å². The fourth-order valence-corrected chi connectivity index (χ4v) is 3.02. The molecule has 0 aliphatic heterocycles. The Labute approximate surface area is 142 Å². The molecule has 4 nitrogen and oxygen atoms in total. The van der Waals surface area contributed by atoms with Crippen LogP contribution in [-0.2, 0) is 24.2 Å². The van der Waals surface area contributed by atoms with E-state index in [0.29, 0.717) is 13.0 Å². The molecule has 1 amide bonds. The monoisotopic (exact) mass is 321 g/mol. The van der Waals surface area contributed by atoms with Gasteiger partial charge in [-0.15, -0.1) is 0 Å². The standard InChI is InChI=1S/C20H23N3O/c1-3-23-14-17(18-9-6-11-22-20(18)23)10-12-21-19(24)13-16-8-5-4-7-15(16)2/h4-9,11,14H,3,10,12-13H2,1-2H3,(H,21,24). The number of carbonyl (C=O) groups is 1. The number of carbonyl (C=O) groups excluding carboxylic acids is 1. The van der Waals surface area contributed by atoms with Crippen LogP contribution in [0.2, 0.25) is 0 Å². The van der Waals surface area contributed by atoms with Crippen LogP contribution in [-0.4, -0.2) is 22.0 Å². The molecule has 3 rings (SSSR count). The maximum absolute atomic E-state index is 12.2. The number of nitrogens with one attached hydrogen (secondary N) is 1. The lowest BCUT2D eigenvalue weighted by Crippen LogP contribution is -2.27. The van der Waals surface area contributed by atoms with E-state index >= 15 is 0 Å². The fraction of sp³-hybridized carbons (Fsp3) is 0.300. The molecule has 2 heterocycles. The highest BCUT2D eigenvalue weighted by Crippen LogP contribution is 2.19. The number of benzene rings is 1. The number of amides is 1. The number of hydrogen-bond acceptors (Lipinski definition) is 2. The van der Waals surface area contributed by atoms with Crippen molar-refractivity contribution in [3.63, 3.8) is 0 Å². The van der Waals surface area contributed by atoms with Gasteiger partial charge in [0.05, 0.1) is 6.42 Å². The van der Waals surface area contributed by atoms with Crippen molar-refractivity contribution in [3.05, 3.63) is 65.5 Å². The summed E-state index contributed by atoms with van der Waals surface area (Å²) >= 11 is 0. The number of fused-ring (bicyclic) bond motifs is 1. The van der Waals surface area contributed by atoms with E-state index in [1.54, 1.807) is 0 Å². The van der Waals surface area contributed by atoms with Crippen LogP contribution >= 0.6 is 0 Å². The molecule has 124 valence electrons. The molecule has 0 aliphatic rings. The van der Waals surface area contributed by atoms with Gasteiger partial charge in [0, 0.05) is 30.9 Å². The summed E-state index contributed by atoms with van der Waals surface area (Å²) < 4.78 is 2.15. The zero-order chi connectivity index (χ0) is 16.9. The van der Waals surface area contributed by atoms with Crippen LogP contribution in [0.5, 0.6) is 0 Å². The number of aryl methyl sites for hydroxylation is 2. The normalized spacial score (nSPS) is 10.9. The Kier molecular flexibility index (Phi) is 4.94. The highest BCUT2D eigenvalue weighted by molar-refractivity contribution is 5.81. The molecule has 1 N–H and O–H groups in total. The smallest absolute Gasteiger partial charge is 0.224 e. The molecule has 0 spiro atoms. The molecule has 0 atom stereocenters. The molecule has 1 aromatic carbocycles. The largest absolute Gasteiger partial charge is 0.355 e. The third-order valence-corrected chi connectivity index (χ3v) is 4.39. The van der Waals surface area contributed by atoms with Gasteiger partial charge in [-0.1, -0.05) is 24.3 Å². The van der Waals surface area contributed by atoms with E-state index in [-0.39, 0.29) is 5.91 Å². The zero-order valence-corrected chi connectivity index (χ0v) is 14.2. The highest BCUT2D eigenvalue weighted by Gasteiger charge is 2.09. The van der Waals surface area contributed by atoms with Gasteiger partial charge < -0.3 is 9.88 Å². The third-order valence-electron chi connectivity index (χ3n) is 4.39. The van der Waals surface area contributed by atoms with Crippen LogP contribution in [0.15, 0.2) is 48.8 Å². The second-order valence-electron chi connectivity index (χ2n) is 6.02. The van der Waals surface area contributed by atoms with Crippen molar-refractivity contribution >= 4 is 16.9 Å². The number of rotatable bonds is 6. The fourth-order valence-electron chi connectivity index (χ4n) is 3.02. The van der Waals surface area contributed by atoms with E-state index in [0.717, 1.165) is 29.7 Å². The molecule has 0 aliphatic carbocycles. The number of nitrogens with zero attached hydrogens (tertiary/aromatic N) is 2. The van der Waals surface area contributed by atoms with Gasteiger partial charge in [-0.3, -0.25) is 4.79 Å². The van der Waals surface area contributed by atoms with Gasteiger partial charge in [-0.25, -0.2) is 4.98 Å². The maximum atomic E-state index is 12.2. The van der Waals surface area contributed by atoms with Crippen LogP contribution in [0.3, 0.4) is 0 Å². The summed E-state index contributed by atoms with van der Waals surface area (Å²) in [6.45, 7) is 5.69. The molecule has 0 saturated carbocycles. The molecular weight excluding hydrogens is 298 g/mol. The number of pyridine rings is 1. The van der Waals surface area contributed by atoms with E-state index < -0.39 is 0 Å². The Balaban J connectivity index is 1.61. The first kappa shape index (κ1) is 16.2. The van der Waals surface area contributed by atoms with Gasteiger partial charge >= 0.3 is 0 Å². The van der Waals surface area contributed by atoms with Gasteiger partial charge in [0.25, 0.3) is 0 Å². The molecule has 3 aromatic rings. The van der Waals surface area contributed by atoms with E-state index in [1.807, 2.05) is 43.5 Å². The Morgan fingerprint density at radius 1 is 1.17 bits per heavy atom. The lowest BCUT2D eigenvalue weighted by atomic mass is 10.1. The van der Waals surface area contributed by atoms with E-state index in [9.17, 15) is 4.79 Å². The van der Waals surface area contributed by atoms with Crippen molar-refractivity contribution in [3.8, 4) is 0 Å². The van der Waals surface area contributed by atoms with Crippen LogP contribution in [0.1, 0.15) is 23.6 Å². The minimum Gasteiger partial charge on any atom is -0.355 e. The zero-order valence-electron chi connectivity index (χ0n) is 14.2. The maximum Gasteiger partial charge on any atom is 0.224 e. The Morgan fingerprint density at radius 3 is 2.79 bits per heavy atom. The molecule has 2 aromatic heterocycles. The average molecular weight is 321 g/mol. The molecule has 0 unspecified atom stereocenters. The average Bonchev–Trinajstić information content (AvgIpc) is 2.95. The predicted molar refractivity (Wildman–Crippen MR) is 97.0 cm³/mol. The lowest BCUT2D eigenvalue weighted by Gasteiger charge is -2.07. The lowest BCUT2D eigenvalue weighted by molar-refractivity contribution is -0.120. The first-order valence-electron chi connectivity index (χ1n) is 8.43. The third kappa shape index (κ3) is 3.48. The Morgan fingerprint density at radius 2 is 2.00 bits per heavy atom. The minimum absolute atomic E-state index is 0.0710. The quantitative estimate of drug-likeness (QED) is 0.757. The molecule has 0 saturated heterocycles. The first-order chi connectivity index (χ1) is 11.7. The van der Waals surface area contributed by atoms with Gasteiger partial charge in [0.2, 0.25) is 5.91 Å². The van der Waals surface area contributed by atoms with Crippen molar-refractivity contribution in [1.29, 1.82) is 0 Å². The molecular formula is C20H23N3O. The van der Waals surface area contributed by atoms with Crippen LogP contribution < -0.4 is 5.32 Å². The summed E-state index contributed by atoms with van der Waals surface area (Å²) in [6.07, 6.45) is 5.22. The number of hydrogen-bond donors (Lipinski definition) is 1. The summed E-state index contributed by atoms with van der Waals surface area (Å²) in [5.41, 5.74) is 4.49. The summed E-state index contributed by atoms with van der Waals surface area (Å²) in [5.74, 6) is 0.0710. The summed E-state index contributed by atoms with van der Waals surface area (Å²) in [6, 6.07) is 12.1. The molecule has 0 bridgehead atoms. The Hall–Kier alpha value is -2.62. The summed E-state index contributed by atoms with van der Waals surface area (Å²) in [5, 5.41) is 4.20. The van der Waals surface area contributed by atoms with E-state index in [1.165, 1.54) is 10.9 Å². The second-order valence-corrected chi connectivity index (χ2v) is 6.02. The van der Waals surface area contributed by atoms with Crippen LogP contribution in [0.4, 0.5) is 0 Å². The topological polar surface area (TPSA) is 46.9 Å². The second kappa shape index (κ2) is 7.30. The van der Waals surface area contributed by atoms with Gasteiger partial charge in [0.15, 0.2) is 0 Å². The molecule has 24 heavy (non-hydrogen) atoms. The number of aromatic nitrogens is 2. The van der Waals surface area contributed by atoms with Crippen molar-refractivity contribution < 1.29 is 4.79 Å². The highest BCUT2D eigenvalue weighted by atomic mass is 16.1. The molecule has 0 fully saturated rings. The van der Waals surface area contributed by atoms with E-state index in [4.69, 9.17) is 0 Å². The van der Waals surface area contributed by atoms with Gasteiger partial charge in [-0.05, 0) is 49.1 Å². The Bertz CT molecular complexity index is 851. The van der Waals surface area contributed by atoms with E-state index in [2.05, 4.69) is 34.1 Å².